The summed E-state index contributed by atoms with van der Waals surface area (Å²) in [5, 5.41) is 15.2. The Balaban J connectivity index is 2.00. The molecule has 0 bridgehead atoms. The molecule has 1 aromatic rings. The van der Waals surface area contributed by atoms with E-state index in [0.717, 1.165) is 6.54 Å². The number of hydrogen-bond donors (Lipinski definition) is 2. The van der Waals surface area contributed by atoms with E-state index in [1.807, 2.05) is 0 Å². The van der Waals surface area contributed by atoms with Gasteiger partial charge in [-0.1, -0.05) is 5.16 Å². The predicted octanol–water partition coefficient (Wildman–Crippen LogP) is 0.375. The first-order valence-electron chi connectivity index (χ1n) is 4.90. The summed E-state index contributed by atoms with van der Waals surface area (Å²) in [4.78, 5) is 14.2. The summed E-state index contributed by atoms with van der Waals surface area (Å²) in [6, 6.07) is 0. The number of aryl methyl sites for hydroxylation is 1. The highest BCUT2D eigenvalue weighted by molar-refractivity contribution is 5.66. The first-order valence-corrected chi connectivity index (χ1v) is 4.90. The zero-order valence-corrected chi connectivity index (χ0v) is 8.69. The molecule has 0 saturated heterocycles. The topological polar surface area (TPSA) is 88.2 Å². The van der Waals surface area contributed by atoms with Crippen molar-refractivity contribution >= 4 is 5.97 Å². The van der Waals surface area contributed by atoms with E-state index in [1.165, 1.54) is 0 Å². The fraction of sp³-hybridized carbons (Fsp3) is 0.667. The number of hydrogen-bond acceptors (Lipinski definition) is 5. The van der Waals surface area contributed by atoms with E-state index < -0.39 is 5.97 Å². The Morgan fingerprint density at radius 3 is 2.93 bits per heavy atom. The van der Waals surface area contributed by atoms with Crippen LogP contribution in [-0.2, 0) is 11.2 Å². The first kappa shape index (κ1) is 11.6. The van der Waals surface area contributed by atoms with Crippen molar-refractivity contribution in [3.63, 3.8) is 0 Å². The van der Waals surface area contributed by atoms with Crippen LogP contribution in [-0.4, -0.2) is 34.3 Å². The van der Waals surface area contributed by atoms with Crippen LogP contribution in [0.5, 0.6) is 0 Å². The second-order valence-electron chi connectivity index (χ2n) is 3.23. The Hall–Kier alpha value is -1.43. The van der Waals surface area contributed by atoms with Crippen LogP contribution in [0.1, 0.15) is 24.6 Å². The molecule has 2 N–H and O–H groups in total. The Bertz CT molecular complexity index is 311. The average molecular weight is 213 g/mol. The molecule has 1 heterocycles. The van der Waals surface area contributed by atoms with Crippen molar-refractivity contribution in [2.24, 2.45) is 0 Å². The van der Waals surface area contributed by atoms with Gasteiger partial charge in [-0.3, -0.25) is 4.79 Å². The van der Waals surface area contributed by atoms with Gasteiger partial charge in [0.25, 0.3) is 0 Å². The maximum Gasteiger partial charge on any atom is 0.303 e. The third kappa shape index (κ3) is 5.11. The standard InChI is InChI=1S/C9H15N3O3/c1-7-11-8(12-15-7)4-6-10-5-2-3-9(13)14/h10H,2-6H2,1H3,(H,13,14). The SMILES string of the molecule is Cc1nc(CCNCCCC(=O)O)no1. The zero-order chi connectivity index (χ0) is 11.1. The van der Waals surface area contributed by atoms with Crippen molar-refractivity contribution in [2.45, 2.75) is 26.2 Å². The summed E-state index contributed by atoms with van der Waals surface area (Å²) in [5.41, 5.74) is 0. The van der Waals surface area contributed by atoms with Gasteiger partial charge in [0.2, 0.25) is 5.89 Å². The van der Waals surface area contributed by atoms with Crippen molar-refractivity contribution in [1.82, 2.24) is 15.5 Å². The lowest BCUT2D eigenvalue weighted by Gasteiger charge is -2.00. The molecule has 0 saturated carbocycles. The van der Waals surface area contributed by atoms with Gasteiger partial charge >= 0.3 is 5.97 Å². The van der Waals surface area contributed by atoms with Crippen molar-refractivity contribution in [3.8, 4) is 0 Å². The first-order chi connectivity index (χ1) is 7.18. The third-order valence-corrected chi connectivity index (χ3v) is 1.84. The number of nitrogens with zero attached hydrogens (tertiary/aromatic N) is 2. The molecule has 0 aliphatic carbocycles. The lowest BCUT2D eigenvalue weighted by Crippen LogP contribution is -2.19. The van der Waals surface area contributed by atoms with Crippen LogP contribution < -0.4 is 5.32 Å². The Morgan fingerprint density at radius 2 is 2.33 bits per heavy atom. The summed E-state index contributed by atoms with van der Waals surface area (Å²) in [5.74, 6) is 0.486. The van der Waals surface area contributed by atoms with Gasteiger partial charge < -0.3 is 14.9 Å². The van der Waals surface area contributed by atoms with Crippen molar-refractivity contribution < 1.29 is 14.4 Å². The van der Waals surface area contributed by atoms with Gasteiger partial charge in [-0.05, 0) is 13.0 Å². The molecule has 84 valence electrons. The van der Waals surface area contributed by atoms with Crippen LogP contribution in [0.15, 0.2) is 4.52 Å². The number of aliphatic carboxylic acids is 1. The van der Waals surface area contributed by atoms with Gasteiger partial charge in [0, 0.05) is 26.3 Å². The Labute approximate surface area is 87.7 Å². The summed E-state index contributed by atoms with van der Waals surface area (Å²) >= 11 is 0. The molecule has 0 atom stereocenters. The molecule has 0 radical (unpaired) electrons. The lowest BCUT2D eigenvalue weighted by molar-refractivity contribution is -0.137. The minimum absolute atomic E-state index is 0.203. The Morgan fingerprint density at radius 1 is 1.53 bits per heavy atom. The van der Waals surface area contributed by atoms with E-state index in [4.69, 9.17) is 9.63 Å². The number of carbonyl (C=O) groups is 1. The second kappa shape index (κ2) is 6.13. The highest BCUT2D eigenvalue weighted by Gasteiger charge is 2.01. The number of carboxylic acids is 1. The molecule has 0 aliphatic heterocycles. The van der Waals surface area contributed by atoms with E-state index in [9.17, 15) is 4.79 Å². The molecule has 1 rings (SSSR count). The fourth-order valence-corrected chi connectivity index (χ4v) is 1.13. The largest absolute Gasteiger partial charge is 0.481 e. The minimum Gasteiger partial charge on any atom is -0.481 e. The Kier molecular flexibility index (Phi) is 4.76. The summed E-state index contributed by atoms with van der Waals surface area (Å²) in [7, 11) is 0. The minimum atomic E-state index is -0.759. The molecular formula is C9H15N3O3. The molecule has 6 nitrogen and oxygen atoms in total. The van der Waals surface area contributed by atoms with Gasteiger partial charge in [0.05, 0.1) is 0 Å². The van der Waals surface area contributed by atoms with E-state index in [0.29, 0.717) is 31.1 Å². The second-order valence-corrected chi connectivity index (χ2v) is 3.23. The van der Waals surface area contributed by atoms with Gasteiger partial charge in [-0.2, -0.15) is 4.98 Å². The molecule has 0 aromatic carbocycles. The van der Waals surface area contributed by atoms with Crippen molar-refractivity contribution in [3.05, 3.63) is 11.7 Å². The van der Waals surface area contributed by atoms with Crippen LogP contribution in [0, 0.1) is 6.92 Å². The summed E-state index contributed by atoms with van der Waals surface area (Å²) in [6.07, 6.45) is 1.54. The number of aromatic nitrogens is 2. The number of nitrogens with one attached hydrogen (secondary N) is 1. The summed E-state index contributed by atoms with van der Waals surface area (Å²) < 4.78 is 4.81. The highest BCUT2D eigenvalue weighted by Crippen LogP contribution is 1.94. The highest BCUT2D eigenvalue weighted by atomic mass is 16.5. The van der Waals surface area contributed by atoms with Gasteiger partial charge in [-0.25, -0.2) is 0 Å². The van der Waals surface area contributed by atoms with E-state index in [1.54, 1.807) is 6.92 Å². The van der Waals surface area contributed by atoms with Gasteiger partial charge in [-0.15, -0.1) is 0 Å². The van der Waals surface area contributed by atoms with Crippen LogP contribution >= 0.6 is 0 Å². The van der Waals surface area contributed by atoms with Crippen LogP contribution in [0.4, 0.5) is 0 Å². The molecule has 6 heteroatoms. The predicted molar refractivity (Wildman–Crippen MR) is 52.5 cm³/mol. The van der Waals surface area contributed by atoms with E-state index >= 15 is 0 Å². The quantitative estimate of drug-likeness (QED) is 0.636. The lowest BCUT2D eigenvalue weighted by atomic mass is 10.3. The van der Waals surface area contributed by atoms with Gasteiger partial charge in [0.1, 0.15) is 0 Å². The van der Waals surface area contributed by atoms with Crippen molar-refractivity contribution in [1.29, 1.82) is 0 Å². The number of carboxylic acid groups (broad SMARTS) is 1. The average Bonchev–Trinajstić information content (AvgIpc) is 2.57. The molecule has 0 fully saturated rings. The van der Waals surface area contributed by atoms with Crippen LogP contribution in [0.3, 0.4) is 0 Å². The van der Waals surface area contributed by atoms with Crippen LogP contribution in [0.2, 0.25) is 0 Å². The third-order valence-electron chi connectivity index (χ3n) is 1.84. The van der Waals surface area contributed by atoms with E-state index in [2.05, 4.69) is 15.5 Å². The molecule has 0 unspecified atom stereocenters. The van der Waals surface area contributed by atoms with Gasteiger partial charge in [0.15, 0.2) is 5.82 Å². The molecule has 0 aliphatic rings. The smallest absolute Gasteiger partial charge is 0.303 e. The number of rotatable bonds is 7. The summed E-state index contributed by atoms with van der Waals surface area (Å²) in [6.45, 7) is 3.18. The molecule has 0 amide bonds. The van der Waals surface area contributed by atoms with Crippen LogP contribution in [0.25, 0.3) is 0 Å². The molecular weight excluding hydrogens is 198 g/mol. The monoisotopic (exact) mass is 213 g/mol. The molecule has 1 aromatic heterocycles. The van der Waals surface area contributed by atoms with E-state index in [-0.39, 0.29) is 6.42 Å². The molecule has 0 spiro atoms. The maximum atomic E-state index is 10.2. The normalized spacial score (nSPS) is 10.5. The molecule has 15 heavy (non-hydrogen) atoms. The maximum absolute atomic E-state index is 10.2. The zero-order valence-electron chi connectivity index (χ0n) is 8.69. The van der Waals surface area contributed by atoms with Crippen molar-refractivity contribution in [2.75, 3.05) is 13.1 Å². The fourth-order valence-electron chi connectivity index (χ4n) is 1.13.